The molecule has 0 unspecified atom stereocenters. The van der Waals surface area contributed by atoms with E-state index in [4.69, 9.17) is 11.6 Å². The van der Waals surface area contributed by atoms with Gasteiger partial charge in [0.05, 0.1) is 5.88 Å². The predicted molar refractivity (Wildman–Crippen MR) is 52.6 cm³/mol. The number of carbonyl (C=O) groups excluding carboxylic acids is 1. The summed E-state index contributed by atoms with van der Waals surface area (Å²) in [7, 11) is 0. The van der Waals surface area contributed by atoms with E-state index in [-0.39, 0.29) is 17.4 Å². The van der Waals surface area contributed by atoms with Crippen molar-refractivity contribution in [2.45, 2.75) is 13.8 Å². The first-order valence-electron chi connectivity index (χ1n) is 3.95. The number of benzene rings is 1. The van der Waals surface area contributed by atoms with E-state index in [1.165, 1.54) is 0 Å². The minimum absolute atomic E-state index is 0.0228. The van der Waals surface area contributed by atoms with Gasteiger partial charge in [-0.3, -0.25) is 4.79 Å². The third-order valence-electron chi connectivity index (χ3n) is 1.96. The largest absolute Gasteiger partial charge is 0.508 e. The van der Waals surface area contributed by atoms with E-state index in [0.717, 1.165) is 5.56 Å². The standard InChI is InChI=1S/C10H11ClO2/c1-6-4-9(12)7(2)3-8(6)10(13)5-11/h3-4,12H,5H2,1-2H3. The van der Waals surface area contributed by atoms with Crippen molar-refractivity contribution in [3.8, 4) is 5.75 Å². The second-order valence-electron chi connectivity index (χ2n) is 3.01. The molecule has 0 bridgehead atoms. The van der Waals surface area contributed by atoms with Crippen LogP contribution in [0, 0.1) is 13.8 Å². The van der Waals surface area contributed by atoms with Crippen LogP contribution in [-0.4, -0.2) is 16.8 Å². The molecule has 2 nitrogen and oxygen atoms in total. The van der Waals surface area contributed by atoms with Gasteiger partial charge in [-0.15, -0.1) is 11.6 Å². The van der Waals surface area contributed by atoms with Crippen molar-refractivity contribution >= 4 is 17.4 Å². The lowest BCUT2D eigenvalue weighted by Crippen LogP contribution is -2.03. The first-order chi connectivity index (χ1) is 6.06. The molecule has 1 aromatic rings. The van der Waals surface area contributed by atoms with Crippen molar-refractivity contribution in [1.82, 2.24) is 0 Å². The van der Waals surface area contributed by atoms with Crippen molar-refractivity contribution in [2.75, 3.05) is 5.88 Å². The van der Waals surface area contributed by atoms with Crippen molar-refractivity contribution in [1.29, 1.82) is 0 Å². The van der Waals surface area contributed by atoms with Crippen molar-refractivity contribution in [3.05, 3.63) is 28.8 Å². The second-order valence-corrected chi connectivity index (χ2v) is 3.28. The highest BCUT2D eigenvalue weighted by Crippen LogP contribution is 2.21. The molecule has 1 rings (SSSR count). The summed E-state index contributed by atoms with van der Waals surface area (Å²) < 4.78 is 0. The van der Waals surface area contributed by atoms with E-state index in [2.05, 4.69) is 0 Å². The van der Waals surface area contributed by atoms with Crippen LogP contribution in [0.1, 0.15) is 21.5 Å². The highest BCUT2D eigenvalue weighted by molar-refractivity contribution is 6.30. The van der Waals surface area contributed by atoms with Crippen LogP contribution in [0.25, 0.3) is 0 Å². The van der Waals surface area contributed by atoms with Crippen LogP contribution in [-0.2, 0) is 0 Å². The minimum Gasteiger partial charge on any atom is -0.508 e. The zero-order valence-corrected chi connectivity index (χ0v) is 8.35. The van der Waals surface area contributed by atoms with Gasteiger partial charge in [-0.05, 0) is 37.1 Å². The van der Waals surface area contributed by atoms with E-state index < -0.39 is 0 Å². The molecule has 1 aromatic carbocycles. The molecule has 0 aliphatic rings. The number of rotatable bonds is 2. The van der Waals surface area contributed by atoms with E-state index in [9.17, 15) is 9.90 Å². The maximum Gasteiger partial charge on any atom is 0.177 e. The summed E-state index contributed by atoms with van der Waals surface area (Å²) in [6, 6.07) is 3.24. The number of alkyl halides is 1. The number of ketones is 1. The zero-order valence-electron chi connectivity index (χ0n) is 7.60. The molecule has 0 aromatic heterocycles. The van der Waals surface area contributed by atoms with Gasteiger partial charge < -0.3 is 5.11 Å². The number of hydrogen-bond donors (Lipinski definition) is 1. The van der Waals surface area contributed by atoms with Gasteiger partial charge in [0, 0.05) is 5.56 Å². The van der Waals surface area contributed by atoms with Crippen LogP contribution >= 0.6 is 11.6 Å². The summed E-state index contributed by atoms with van der Waals surface area (Å²) in [5, 5.41) is 9.33. The molecule has 0 radical (unpaired) electrons. The summed E-state index contributed by atoms with van der Waals surface area (Å²) >= 11 is 5.44. The van der Waals surface area contributed by atoms with E-state index >= 15 is 0 Å². The molecule has 0 fully saturated rings. The third-order valence-corrected chi connectivity index (χ3v) is 2.21. The molecule has 0 saturated carbocycles. The number of halogens is 1. The Morgan fingerprint density at radius 1 is 1.38 bits per heavy atom. The second kappa shape index (κ2) is 3.79. The molecule has 0 spiro atoms. The van der Waals surface area contributed by atoms with Gasteiger partial charge >= 0.3 is 0 Å². The van der Waals surface area contributed by atoms with Crippen LogP contribution < -0.4 is 0 Å². The minimum atomic E-state index is -0.109. The number of phenolic OH excluding ortho intramolecular Hbond substituents is 1. The Kier molecular flexibility index (Phi) is 2.94. The topological polar surface area (TPSA) is 37.3 Å². The van der Waals surface area contributed by atoms with Gasteiger partial charge in [0.1, 0.15) is 5.75 Å². The molecule has 0 heterocycles. The Bertz CT molecular complexity index is 345. The van der Waals surface area contributed by atoms with Gasteiger partial charge in [-0.2, -0.15) is 0 Å². The summed E-state index contributed by atoms with van der Waals surface area (Å²) in [4.78, 5) is 11.3. The fourth-order valence-corrected chi connectivity index (χ4v) is 1.32. The monoisotopic (exact) mass is 198 g/mol. The Balaban J connectivity index is 3.23. The molecule has 0 atom stereocenters. The number of hydrogen-bond acceptors (Lipinski definition) is 2. The molecular weight excluding hydrogens is 188 g/mol. The van der Waals surface area contributed by atoms with Crippen molar-refractivity contribution < 1.29 is 9.90 Å². The Labute approximate surface area is 82.2 Å². The first kappa shape index (κ1) is 10.1. The van der Waals surface area contributed by atoms with Crippen LogP contribution in [0.3, 0.4) is 0 Å². The van der Waals surface area contributed by atoms with Gasteiger partial charge in [0.2, 0.25) is 0 Å². The van der Waals surface area contributed by atoms with Gasteiger partial charge in [-0.1, -0.05) is 0 Å². The smallest absolute Gasteiger partial charge is 0.177 e. The Hall–Kier alpha value is -1.02. The lowest BCUT2D eigenvalue weighted by atomic mass is 10.0. The molecule has 13 heavy (non-hydrogen) atoms. The molecule has 1 N–H and O–H groups in total. The van der Waals surface area contributed by atoms with Crippen molar-refractivity contribution in [3.63, 3.8) is 0 Å². The summed E-state index contributed by atoms with van der Waals surface area (Å²) in [5.74, 6) is 0.0799. The van der Waals surface area contributed by atoms with E-state index in [1.54, 1.807) is 26.0 Å². The lowest BCUT2D eigenvalue weighted by Gasteiger charge is -2.05. The number of carbonyl (C=O) groups is 1. The average Bonchev–Trinajstić information content (AvgIpc) is 2.10. The number of phenols is 1. The summed E-state index contributed by atoms with van der Waals surface area (Å²) in [5.41, 5.74) is 2.04. The summed E-state index contributed by atoms with van der Waals surface area (Å²) in [6.45, 7) is 3.53. The average molecular weight is 199 g/mol. The molecular formula is C10H11ClO2. The van der Waals surface area contributed by atoms with Crippen molar-refractivity contribution in [2.24, 2.45) is 0 Å². The fourth-order valence-electron chi connectivity index (χ4n) is 1.17. The quantitative estimate of drug-likeness (QED) is 0.586. The Morgan fingerprint density at radius 3 is 2.54 bits per heavy atom. The highest BCUT2D eigenvalue weighted by Gasteiger charge is 2.09. The van der Waals surface area contributed by atoms with Gasteiger partial charge in [-0.25, -0.2) is 0 Å². The number of aryl methyl sites for hydroxylation is 2. The molecule has 0 aliphatic carbocycles. The number of Topliss-reactive ketones (excluding diaryl/α,β-unsaturated/α-hetero) is 1. The lowest BCUT2D eigenvalue weighted by molar-refractivity contribution is 0.102. The maximum absolute atomic E-state index is 11.3. The van der Waals surface area contributed by atoms with E-state index in [0.29, 0.717) is 11.1 Å². The third kappa shape index (κ3) is 2.01. The van der Waals surface area contributed by atoms with Crippen LogP contribution in [0.5, 0.6) is 5.75 Å². The van der Waals surface area contributed by atoms with Gasteiger partial charge in [0.15, 0.2) is 5.78 Å². The first-order valence-corrected chi connectivity index (χ1v) is 4.49. The fraction of sp³-hybridized carbons (Fsp3) is 0.300. The van der Waals surface area contributed by atoms with Crippen LogP contribution in [0.4, 0.5) is 0 Å². The van der Waals surface area contributed by atoms with Crippen LogP contribution in [0.15, 0.2) is 12.1 Å². The van der Waals surface area contributed by atoms with E-state index in [1.807, 2.05) is 0 Å². The van der Waals surface area contributed by atoms with Gasteiger partial charge in [0.25, 0.3) is 0 Å². The highest BCUT2D eigenvalue weighted by atomic mass is 35.5. The maximum atomic E-state index is 11.3. The molecule has 70 valence electrons. The molecule has 0 amide bonds. The molecule has 3 heteroatoms. The SMILES string of the molecule is Cc1cc(C(=O)CCl)c(C)cc1O. The Morgan fingerprint density at radius 2 is 2.00 bits per heavy atom. The van der Waals surface area contributed by atoms with Crippen LogP contribution in [0.2, 0.25) is 0 Å². The predicted octanol–water partition coefficient (Wildman–Crippen LogP) is 2.43. The number of aromatic hydroxyl groups is 1. The molecule has 0 saturated heterocycles. The zero-order chi connectivity index (χ0) is 10.0. The molecule has 0 aliphatic heterocycles. The normalized spacial score (nSPS) is 10.1. The summed E-state index contributed by atoms with van der Waals surface area (Å²) in [6.07, 6.45) is 0.